The molecule has 3 amide bonds. The molecule has 4 N–H and O–H groups in total. The monoisotopic (exact) mass is 382 g/mol. The summed E-state index contributed by atoms with van der Waals surface area (Å²) in [5.41, 5.74) is 0. The number of nitrogens with one attached hydrogen (secondary N) is 3. The summed E-state index contributed by atoms with van der Waals surface area (Å²) in [7, 11) is 0. The van der Waals surface area contributed by atoms with Gasteiger partial charge in [-0.05, 0) is 38.6 Å². The van der Waals surface area contributed by atoms with Gasteiger partial charge in [0.05, 0.1) is 6.54 Å². The SMILES string of the molecule is CCN(CC(=O)O)C1CC(NC(=O)CCCNC(=O)NC2CCCCC2)C1. The van der Waals surface area contributed by atoms with Gasteiger partial charge in [0.2, 0.25) is 5.91 Å². The summed E-state index contributed by atoms with van der Waals surface area (Å²) < 4.78 is 0. The maximum absolute atomic E-state index is 12.0. The Balaban J connectivity index is 1.50. The first-order valence-electron chi connectivity index (χ1n) is 10.3. The van der Waals surface area contributed by atoms with Crippen LogP contribution < -0.4 is 16.0 Å². The first-order chi connectivity index (χ1) is 13.0. The van der Waals surface area contributed by atoms with Crippen LogP contribution in [-0.2, 0) is 9.59 Å². The van der Waals surface area contributed by atoms with E-state index in [2.05, 4.69) is 16.0 Å². The molecule has 0 unspecified atom stereocenters. The van der Waals surface area contributed by atoms with E-state index >= 15 is 0 Å². The van der Waals surface area contributed by atoms with E-state index in [1.54, 1.807) is 0 Å². The zero-order chi connectivity index (χ0) is 19.6. The largest absolute Gasteiger partial charge is 0.480 e. The fourth-order valence-corrected chi connectivity index (χ4v) is 3.91. The molecule has 0 aromatic rings. The van der Waals surface area contributed by atoms with E-state index in [0.717, 1.165) is 25.7 Å². The number of urea groups is 1. The fourth-order valence-electron chi connectivity index (χ4n) is 3.91. The Morgan fingerprint density at radius 1 is 1.04 bits per heavy atom. The van der Waals surface area contributed by atoms with Crippen molar-refractivity contribution < 1.29 is 19.5 Å². The topological polar surface area (TPSA) is 111 Å². The first-order valence-corrected chi connectivity index (χ1v) is 10.3. The Morgan fingerprint density at radius 3 is 2.37 bits per heavy atom. The third-order valence-corrected chi connectivity index (χ3v) is 5.55. The van der Waals surface area contributed by atoms with Gasteiger partial charge in [-0.25, -0.2) is 4.79 Å². The average Bonchev–Trinajstić information content (AvgIpc) is 2.60. The van der Waals surface area contributed by atoms with Crippen molar-refractivity contribution in [1.29, 1.82) is 0 Å². The summed E-state index contributed by atoms with van der Waals surface area (Å²) in [4.78, 5) is 36.6. The zero-order valence-electron chi connectivity index (χ0n) is 16.3. The number of carbonyl (C=O) groups is 3. The standard InChI is InChI=1S/C19H34N4O4/c1-2-23(13-18(25)26)16-11-15(12-16)21-17(24)9-6-10-20-19(27)22-14-7-4-3-5-8-14/h14-16H,2-13H2,1H3,(H,21,24)(H,25,26)(H2,20,22,27). The van der Waals surface area contributed by atoms with Crippen LogP contribution in [0.1, 0.15) is 64.7 Å². The third kappa shape index (κ3) is 7.74. The van der Waals surface area contributed by atoms with E-state index in [-0.39, 0.29) is 36.6 Å². The van der Waals surface area contributed by atoms with Gasteiger partial charge in [0.25, 0.3) is 0 Å². The van der Waals surface area contributed by atoms with Gasteiger partial charge >= 0.3 is 12.0 Å². The molecule has 8 nitrogen and oxygen atoms in total. The Morgan fingerprint density at radius 2 is 1.74 bits per heavy atom. The van der Waals surface area contributed by atoms with Crippen molar-refractivity contribution in [2.75, 3.05) is 19.6 Å². The lowest BCUT2D eigenvalue weighted by Gasteiger charge is -2.42. The Kier molecular flexibility index (Phi) is 8.84. The second-order valence-corrected chi connectivity index (χ2v) is 7.69. The molecule has 27 heavy (non-hydrogen) atoms. The van der Waals surface area contributed by atoms with Gasteiger partial charge in [-0.1, -0.05) is 26.2 Å². The molecule has 2 aliphatic rings. The number of rotatable bonds is 10. The van der Waals surface area contributed by atoms with E-state index in [1.807, 2.05) is 11.8 Å². The van der Waals surface area contributed by atoms with Crippen molar-refractivity contribution in [3.63, 3.8) is 0 Å². The number of aliphatic carboxylic acids is 1. The number of likely N-dealkylation sites (N-methyl/N-ethyl adjacent to an activating group) is 1. The van der Waals surface area contributed by atoms with Crippen molar-refractivity contribution in [3.8, 4) is 0 Å². The van der Waals surface area contributed by atoms with Crippen LogP contribution in [0.5, 0.6) is 0 Å². The molecule has 0 aliphatic heterocycles. The van der Waals surface area contributed by atoms with E-state index < -0.39 is 5.97 Å². The number of nitrogens with zero attached hydrogens (tertiary/aromatic N) is 1. The zero-order valence-corrected chi connectivity index (χ0v) is 16.3. The molecule has 0 radical (unpaired) electrons. The molecule has 2 saturated carbocycles. The van der Waals surface area contributed by atoms with E-state index in [1.165, 1.54) is 19.3 Å². The van der Waals surface area contributed by atoms with Gasteiger partial charge in [0.1, 0.15) is 0 Å². The number of amides is 3. The first kappa shape index (κ1) is 21.5. The molecule has 2 aliphatic carbocycles. The average molecular weight is 383 g/mol. The minimum atomic E-state index is -0.815. The van der Waals surface area contributed by atoms with Crippen molar-refractivity contribution in [2.45, 2.75) is 82.8 Å². The fraction of sp³-hybridized carbons (Fsp3) is 0.842. The quantitative estimate of drug-likeness (QED) is 0.428. The molecule has 0 atom stereocenters. The molecule has 0 aromatic carbocycles. The van der Waals surface area contributed by atoms with Crippen molar-refractivity contribution in [3.05, 3.63) is 0 Å². The number of hydrogen-bond acceptors (Lipinski definition) is 4. The Labute approximate surface area is 161 Å². The molecule has 0 bridgehead atoms. The lowest BCUT2D eigenvalue weighted by Crippen LogP contribution is -2.54. The molecule has 2 rings (SSSR count). The summed E-state index contributed by atoms with van der Waals surface area (Å²) in [6, 6.07) is 0.522. The molecule has 2 fully saturated rings. The third-order valence-electron chi connectivity index (χ3n) is 5.55. The maximum Gasteiger partial charge on any atom is 0.317 e. The predicted molar refractivity (Wildman–Crippen MR) is 102 cm³/mol. The molecular formula is C19H34N4O4. The van der Waals surface area contributed by atoms with Crippen LogP contribution in [0.15, 0.2) is 0 Å². The lowest BCUT2D eigenvalue weighted by atomic mass is 9.85. The second kappa shape index (κ2) is 11.1. The summed E-state index contributed by atoms with van der Waals surface area (Å²) in [6.07, 6.45) is 8.33. The summed E-state index contributed by atoms with van der Waals surface area (Å²) in [6.45, 7) is 3.19. The molecule has 0 spiro atoms. The molecule has 8 heteroatoms. The normalized spacial score (nSPS) is 22.7. The minimum Gasteiger partial charge on any atom is -0.480 e. The Bertz CT molecular complexity index is 502. The van der Waals surface area contributed by atoms with E-state index in [4.69, 9.17) is 5.11 Å². The number of hydrogen-bond donors (Lipinski definition) is 4. The summed E-state index contributed by atoms with van der Waals surface area (Å²) in [5, 5.41) is 17.7. The van der Waals surface area contributed by atoms with Gasteiger partial charge in [-0.2, -0.15) is 0 Å². The number of carbonyl (C=O) groups excluding carboxylic acids is 2. The number of carboxylic acid groups (broad SMARTS) is 1. The van der Waals surface area contributed by atoms with E-state index in [0.29, 0.717) is 25.9 Å². The van der Waals surface area contributed by atoms with Crippen LogP contribution in [0.2, 0.25) is 0 Å². The van der Waals surface area contributed by atoms with Gasteiger partial charge in [0.15, 0.2) is 0 Å². The van der Waals surface area contributed by atoms with Crippen molar-refractivity contribution in [2.24, 2.45) is 0 Å². The predicted octanol–water partition coefficient (Wildman–Crippen LogP) is 1.45. The molecule has 0 heterocycles. The van der Waals surface area contributed by atoms with Crippen LogP contribution in [0.3, 0.4) is 0 Å². The maximum atomic E-state index is 12.0. The highest BCUT2D eigenvalue weighted by atomic mass is 16.4. The summed E-state index contributed by atoms with van der Waals surface area (Å²) >= 11 is 0. The smallest absolute Gasteiger partial charge is 0.317 e. The Hall–Kier alpha value is -1.83. The number of carboxylic acids is 1. The highest BCUT2D eigenvalue weighted by molar-refractivity contribution is 5.77. The van der Waals surface area contributed by atoms with Gasteiger partial charge < -0.3 is 21.1 Å². The van der Waals surface area contributed by atoms with Gasteiger partial charge in [-0.15, -0.1) is 0 Å². The lowest BCUT2D eigenvalue weighted by molar-refractivity contribution is -0.139. The molecule has 154 valence electrons. The van der Waals surface area contributed by atoms with Crippen LogP contribution in [0.25, 0.3) is 0 Å². The van der Waals surface area contributed by atoms with E-state index in [9.17, 15) is 14.4 Å². The second-order valence-electron chi connectivity index (χ2n) is 7.69. The van der Waals surface area contributed by atoms with Crippen LogP contribution in [0.4, 0.5) is 4.79 Å². The minimum absolute atomic E-state index is 0.00535. The van der Waals surface area contributed by atoms with Crippen LogP contribution >= 0.6 is 0 Å². The van der Waals surface area contributed by atoms with Crippen molar-refractivity contribution >= 4 is 17.9 Å². The van der Waals surface area contributed by atoms with Gasteiger partial charge in [-0.3, -0.25) is 14.5 Å². The van der Waals surface area contributed by atoms with Gasteiger partial charge in [0, 0.05) is 31.1 Å². The highest BCUT2D eigenvalue weighted by Crippen LogP contribution is 2.25. The summed E-state index contributed by atoms with van der Waals surface area (Å²) in [5.74, 6) is -0.821. The van der Waals surface area contributed by atoms with Crippen LogP contribution in [0, 0.1) is 0 Å². The molecular weight excluding hydrogens is 348 g/mol. The molecule has 0 saturated heterocycles. The highest BCUT2D eigenvalue weighted by Gasteiger charge is 2.34. The van der Waals surface area contributed by atoms with Crippen molar-refractivity contribution in [1.82, 2.24) is 20.9 Å². The van der Waals surface area contributed by atoms with Crippen LogP contribution in [-0.4, -0.2) is 65.7 Å². The molecule has 0 aromatic heterocycles.